The predicted molar refractivity (Wildman–Crippen MR) is 62.8 cm³/mol. The summed E-state index contributed by atoms with van der Waals surface area (Å²) in [6, 6.07) is 7.58. The molecule has 1 aromatic carbocycles. The second kappa shape index (κ2) is 3.95. The van der Waals surface area contributed by atoms with Crippen LogP contribution in [0.1, 0.15) is 12.5 Å². The smallest absolute Gasteiger partial charge is 0.122 e. The molecule has 0 aliphatic carbocycles. The molecular weight excluding hydrogens is 210 g/mol. The van der Waals surface area contributed by atoms with E-state index in [1.54, 1.807) is 0 Å². The Balaban J connectivity index is 2.49. The molecule has 0 unspecified atom stereocenters. The standard InChI is InChI=1S/C11H12ClN3/c1-2-9-10(14-15-11(9)13)7-3-5-8(12)6-4-7/h3-6H,2H2,1H3,(H3,13,14,15). The third-order valence-corrected chi connectivity index (χ3v) is 2.62. The van der Waals surface area contributed by atoms with Gasteiger partial charge < -0.3 is 5.73 Å². The van der Waals surface area contributed by atoms with Crippen LogP contribution in [0.15, 0.2) is 24.3 Å². The van der Waals surface area contributed by atoms with E-state index < -0.39 is 0 Å². The van der Waals surface area contributed by atoms with Crippen LogP contribution in [-0.2, 0) is 6.42 Å². The van der Waals surface area contributed by atoms with Crippen molar-refractivity contribution in [2.24, 2.45) is 0 Å². The summed E-state index contributed by atoms with van der Waals surface area (Å²) in [5, 5.41) is 7.71. The van der Waals surface area contributed by atoms with Crippen molar-refractivity contribution < 1.29 is 0 Å². The second-order valence-electron chi connectivity index (χ2n) is 3.32. The molecule has 0 radical (unpaired) electrons. The van der Waals surface area contributed by atoms with Crippen LogP contribution in [0.2, 0.25) is 5.02 Å². The van der Waals surface area contributed by atoms with Gasteiger partial charge in [-0.1, -0.05) is 30.7 Å². The molecule has 1 heterocycles. The zero-order chi connectivity index (χ0) is 10.8. The molecule has 15 heavy (non-hydrogen) atoms. The highest BCUT2D eigenvalue weighted by molar-refractivity contribution is 6.30. The maximum atomic E-state index is 5.83. The number of halogens is 1. The van der Waals surface area contributed by atoms with Crippen molar-refractivity contribution in [3.8, 4) is 11.3 Å². The molecular formula is C11H12ClN3. The molecule has 0 spiro atoms. The number of nitrogens with two attached hydrogens (primary N) is 1. The zero-order valence-corrected chi connectivity index (χ0v) is 9.17. The fraction of sp³-hybridized carbons (Fsp3) is 0.182. The molecule has 0 saturated heterocycles. The van der Waals surface area contributed by atoms with Crippen molar-refractivity contribution in [1.82, 2.24) is 10.2 Å². The van der Waals surface area contributed by atoms with Gasteiger partial charge in [-0.05, 0) is 18.6 Å². The molecule has 78 valence electrons. The first kappa shape index (κ1) is 10.1. The first-order valence-electron chi connectivity index (χ1n) is 4.81. The van der Waals surface area contributed by atoms with Crippen LogP contribution in [-0.4, -0.2) is 10.2 Å². The van der Waals surface area contributed by atoms with Crippen LogP contribution in [0.4, 0.5) is 5.82 Å². The van der Waals surface area contributed by atoms with E-state index in [4.69, 9.17) is 17.3 Å². The molecule has 4 heteroatoms. The molecule has 0 amide bonds. The molecule has 0 fully saturated rings. The van der Waals surface area contributed by atoms with Gasteiger partial charge in [-0.2, -0.15) is 5.10 Å². The van der Waals surface area contributed by atoms with Crippen LogP contribution >= 0.6 is 11.6 Å². The van der Waals surface area contributed by atoms with Crippen LogP contribution in [0.3, 0.4) is 0 Å². The van der Waals surface area contributed by atoms with E-state index in [1.807, 2.05) is 24.3 Å². The first-order valence-corrected chi connectivity index (χ1v) is 5.18. The summed E-state index contributed by atoms with van der Waals surface area (Å²) in [6.07, 6.45) is 0.861. The van der Waals surface area contributed by atoms with Crippen molar-refractivity contribution in [3.05, 3.63) is 34.9 Å². The summed E-state index contributed by atoms with van der Waals surface area (Å²) < 4.78 is 0. The van der Waals surface area contributed by atoms with Crippen molar-refractivity contribution in [1.29, 1.82) is 0 Å². The van der Waals surface area contributed by atoms with Crippen LogP contribution in [0.5, 0.6) is 0 Å². The highest BCUT2D eigenvalue weighted by Gasteiger charge is 2.10. The fourth-order valence-corrected chi connectivity index (χ4v) is 1.71. The summed E-state index contributed by atoms with van der Waals surface area (Å²) >= 11 is 5.83. The van der Waals surface area contributed by atoms with Gasteiger partial charge in [0.1, 0.15) is 5.82 Å². The van der Waals surface area contributed by atoms with Gasteiger partial charge in [0.15, 0.2) is 0 Å². The first-order chi connectivity index (χ1) is 7.22. The average molecular weight is 222 g/mol. The van der Waals surface area contributed by atoms with E-state index in [1.165, 1.54) is 0 Å². The van der Waals surface area contributed by atoms with Gasteiger partial charge in [0.25, 0.3) is 0 Å². The van der Waals surface area contributed by atoms with Crippen LogP contribution < -0.4 is 5.73 Å². The Hall–Kier alpha value is -1.48. The van der Waals surface area contributed by atoms with Gasteiger partial charge >= 0.3 is 0 Å². The van der Waals surface area contributed by atoms with Gasteiger partial charge in [0.2, 0.25) is 0 Å². The van der Waals surface area contributed by atoms with Crippen molar-refractivity contribution >= 4 is 17.4 Å². The lowest BCUT2D eigenvalue weighted by Gasteiger charge is -2.00. The van der Waals surface area contributed by atoms with Gasteiger partial charge in [-0.3, -0.25) is 5.10 Å². The maximum Gasteiger partial charge on any atom is 0.122 e. The van der Waals surface area contributed by atoms with E-state index in [0.29, 0.717) is 5.82 Å². The molecule has 0 atom stereocenters. The van der Waals surface area contributed by atoms with Crippen molar-refractivity contribution in [2.45, 2.75) is 13.3 Å². The van der Waals surface area contributed by atoms with Crippen molar-refractivity contribution in [2.75, 3.05) is 5.73 Å². The quantitative estimate of drug-likeness (QED) is 0.820. The summed E-state index contributed by atoms with van der Waals surface area (Å²) in [4.78, 5) is 0. The summed E-state index contributed by atoms with van der Waals surface area (Å²) in [5.41, 5.74) is 8.77. The van der Waals surface area contributed by atoms with E-state index in [9.17, 15) is 0 Å². The number of aromatic amines is 1. The van der Waals surface area contributed by atoms with Gasteiger partial charge in [-0.25, -0.2) is 0 Å². The highest BCUT2D eigenvalue weighted by Crippen LogP contribution is 2.26. The molecule has 0 aliphatic rings. The summed E-state index contributed by atoms with van der Waals surface area (Å²) in [6.45, 7) is 2.06. The lowest BCUT2D eigenvalue weighted by Crippen LogP contribution is -1.90. The molecule has 3 nitrogen and oxygen atoms in total. The number of benzene rings is 1. The molecule has 2 aromatic rings. The number of nitrogens with zero attached hydrogens (tertiary/aromatic N) is 1. The topological polar surface area (TPSA) is 54.7 Å². The number of rotatable bonds is 2. The summed E-state index contributed by atoms with van der Waals surface area (Å²) in [5.74, 6) is 0.641. The molecule has 1 aromatic heterocycles. The van der Waals surface area contributed by atoms with E-state index in [2.05, 4.69) is 17.1 Å². The Morgan fingerprint density at radius 3 is 2.60 bits per heavy atom. The Morgan fingerprint density at radius 2 is 2.00 bits per heavy atom. The van der Waals surface area contributed by atoms with Gasteiger partial charge in [0, 0.05) is 16.1 Å². The third kappa shape index (κ3) is 1.83. The largest absolute Gasteiger partial charge is 0.384 e. The maximum absolute atomic E-state index is 5.83. The number of hydrogen-bond donors (Lipinski definition) is 2. The van der Waals surface area contributed by atoms with Crippen molar-refractivity contribution in [3.63, 3.8) is 0 Å². The number of nitrogens with one attached hydrogen (secondary N) is 1. The minimum absolute atomic E-state index is 0.641. The van der Waals surface area contributed by atoms with E-state index in [-0.39, 0.29) is 0 Å². The number of anilines is 1. The van der Waals surface area contributed by atoms with E-state index in [0.717, 1.165) is 28.3 Å². The fourth-order valence-electron chi connectivity index (χ4n) is 1.58. The molecule has 0 saturated carbocycles. The molecule has 0 aliphatic heterocycles. The Morgan fingerprint density at radius 1 is 1.33 bits per heavy atom. The zero-order valence-electron chi connectivity index (χ0n) is 8.42. The normalized spacial score (nSPS) is 10.5. The third-order valence-electron chi connectivity index (χ3n) is 2.37. The second-order valence-corrected chi connectivity index (χ2v) is 3.76. The number of nitrogen functional groups attached to an aromatic ring is 1. The number of aromatic nitrogens is 2. The number of H-pyrrole nitrogens is 1. The minimum atomic E-state index is 0.641. The van der Waals surface area contributed by atoms with Gasteiger partial charge in [0.05, 0.1) is 5.69 Å². The monoisotopic (exact) mass is 221 g/mol. The van der Waals surface area contributed by atoms with Gasteiger partial charge in [-0.15, -0.1) is 0 Å². The van der Waals surface area contributed by atoms with E-state index >= 15 is 0 Å². The number of hydrogen-bond acceptors (Lipinski definition) is 2. The Labute approximate surface area is 93.3 Å². The predicted octanol–water partition coefficient (Wildman–Crippen LogP) is 2.87. The Bertz CT molecular complexity index is 459. The highest BCUT2D eigenvalue weighted by atomic mass is 35.5. The summed E-state index contributed by atoms with van der Waals surface area (Å²) in [7, 11) is 0. The molecule has 0 bridgehead atoms. The lowest BCUT2D eigenvalue weighted by atomic mass is 10.1. The lowest BCUT2D eigenvalue weighted by molar-refractivity contribution is 1.10. The molecule has 3 N–H and O–H groups in total. The molecule has 2 rings (SSSR count). The average Bonchev–Trinajstić information content (AvgIpc) is 2.61. The minimum Gasteiger partial charge on any atom is -0.384 e. The van der Waals surface area contributed by atoms with Crippen LogP contribution in [0.25, 0.3) is 11.3 Å². The SMILES string of the molecule is CCc1c(-c2ccc(Cl)cc2)n[nH]c1N. The van der Waals surface area contributed by atoms with Crippen LogP contribution in [0, 0.1) is 0 Å². The Kier molecular flexibility index (Phi) is 2.64.